The summed E-state index contributed by atoms with van der Waals surface area (Å²) in [5.41, 5.74) is 8.54. The molecule has 1 aliphatic rings. The molecule has 0 unspecified atom stereocenters. The minimum Gasteiger partial charge on any atom is -0.327 e. The van der Waals surface area contributed by atoms with Crippen LogP contribution in [0.15, 0.2) is 6.20 Å². The van der Waals surface area contributed by atoms with Gasteiger partial charge in [-0.05, 0) is 18.4 Å². The van der Waals surface area contributed by atoms with Crippen LogP contribution >= 0.6 is 0 Å². The van der Waals surface area contributed by atoms with Crippen LogP contribution in [0.5, 0.6) is 0 Å². The average Bonchev–Trinajstić information content (AvgIpc) is 2.33. The second-order valence-corrected chi connectivity index (χ2v) is 3.24. The topological polar surface area (TPSA) is 43.8 Å². The summed E-state index contributed by atoms with van der Waals surface area (Å²) >= 11 is 0. The molecule has 0 amide bonds. The number of hydrogen-bond acceptors (Lipinski definition) is 2. The Bertz CT molecular complexity index is 264. The number of hydrogen-bond donors (Lipinski definition) is 1. The molecule has 2 rings (SSSR count). The summed E-state index contributed by atoms with van der Waals surface area (Å²) in [5.74, 6) is 0. The highest BCUT2D eigenvalue weighted by Gasteiger charge is 2.18. The summed E-state index contributed by atoms with van der Waals surface area (Å²) in [5, 5.41) is 4.19. The van der Waals surface area contributed by atoms with E-state index in [9.17, 15) is 0 Å². The van der Waals surface area contributed by atoms with Crippen LogP contribution < -0.4 is 5.73 Å². The number of aryl methyl sites for hydroxylation is 2. The van der Waals surface area contributed by atoms with Gasteiger partial charge in [0.05, 0.1) is 6.20 Å². The Balaban J connectivity index is 2.37. The lowest BCUT2D eigenvalue weighted by Crippen LogP contribution is -2.28. The third-order valence-corrected chi connectivity index (χ3v) is 2.39. The van der Waals surface area contributed by atoms with Gasteiger partial charge in [-0.2, -0.15) is 5.10 Å². The Labute approximate surface area is 66.2 Å². The van der Waals surface area contributed by atoms with Gasteiger partial charge in [0.2, 0.25) is 0 Å². The monoisotopic (exact) mass is 151 g/mol. The Kier molecular flexibility index (Phi) is 1.46. The molecule has 0 saturated carbocycles. The summed E-state index contributed by atoms with van der Waals surface area (Å²) < 4.78 is 1.94. The molecule has 0 aliphatic heterocycles. The molecule has 0 fully saturated rings. The molecular formula is C8H13N3. The first-order valence-corrected chi connectivity index (χ1v) is 4.02. The van der Waals surface area contributed by atoms with Gasteiger partial charge in [-0.1, -0.05) is 0 Å². The SMILES string of the molecule is Cn1ncc2c1C[C@@H](N)CC2. The van der Waals surface area contributed by atoms with Gasteiger partial charge in [0.15, 0.2) is 0 Å². The van der Waals surface area contributed by atoms with Crippen molar-refractivity contribution < 1.29 is 0 Å². The minimum atomic E-state index is 0.345. The van der Waals surface area contributed by atoms with Crippen LogP contribution in [-0.2, 0) is 19.9 Å². The third kappa shape index (κ3) is 1.05. The molecule has 2 N–H and O–H groups in total. The molecule has 1 aliphatic carbocycles. The van der Waals surface area contributed by atoms with E-state index in [0.29, 0.717) is 6.04 Å². The van der Waals surface area contributed by atoms with Crippen LogP contribution in [0, 0.1) is 0 Å². The Hall–Kier alpha value is -0.830. The predicted octanol–water partition coefficient (Wildman–Crippen LogP) is 0.236. The first-order chi connectivity index (χ1) is 5.27. The van der Waals surface area contributed by atoms with Gasteiger partial charge in [0.1, 0.15) is 0 Å². The number of nitrogens with zero attached hydrogens (tertiary/aromatic N) is 2. The van der Waals surface area contributed by atoms with E-state index in [1.807, 2.05) is 17.9 Å². The molecule has 60 valence electrons. The maximum absolute atomic E-state index is 5.84. The predicted molar refractivity (Wildman–Crippen MR) is 43.2 cm³/mol. The number of fused-ring (bicyclic) bond motifs is 1. The quantitative estimate of drug-likeness (QED) is 0.577. The summed E-state index contributed by atoms with van der Waals surface area (Å²) in [7, 11) is 1.98. The van der Waals surface area contributed by atoms with E-state index in [2.05, 4.69) is 5.10 Å². The van der Waals surface area contributed by atoms with E-state index in [-0.39, 0.29) is 0 Å². The zero-order chi connectivity index (χ0) is 7.84. The summed E-state index contributed by atoms with van der Waals surface area (Å²) in [6.45, 7) is 0. The Morgan fingerprint density at radius 2 is 2.55 bits per heavy atom. The van der Waals surface area contributed by atoms with Crippen molar-refractivity contribution in [2.75, 3.05) is 0 Å². The second kappa shape index (κ2) is 2.34. The summed E-state index contributed by atoms with van der Waals surface area (Å²) in [4.78, 5) is 0. The van der Waals surface area contributed by atoms with Crippen LogP contribution in [0.25, 0.3) is 0 Å². The third-order valence-electron chi connectivity index (χ3n) is 2.39. The molecule has 1 heterocycles. The van der Waals surface area contributed by atoms with E-state index >= 15 is 0 Å². The first kappa shape index (κ1) is 6.85. The number of aromatic nitrogens is 2. The van der Waals surface area contributed by atoms with Crippen LogP contribution in [-0.4, -0.2) is 15.8 Å². The lowest BCUT2D eigenvalue weighted by molar-refractivity contribution is 0.547. The lowest BCUT2D eigenvalue weighted by Gasteiger charge is -2.18. The largest absolute Gasteiger partial charge is 0.327 e. The molecule has 1 atom stereocenters. The normalized spacial score (nSPS) is 23.3. The van der Waals surface area contributed by atoms with Crippen LogP contribution in [0.1, 0.15) is 17.7 Å². The molecule has 0 aromatic carbocycles. The molecule has 11 heavy (non-hydrogen) atoms. The van der Waals surface area contributed by atoms with Crippen molar-refractivity contribution in [2.45, 2.75) is 25.3 Å². The van der Waals surface area contributed by atoms with Gasteiger partial charge in [-0.3, -0.25) is 4.68 Å². The fraction of sp³-hybridized carbons (Fsp3) is 0.625. The van der Waals surface area contributed by atoms with E-state index in [1.54, 1.807) is 0 Å². The number of rotatable bonds is 0. The molecule has 0 saturated heterocycles. The van der Waals surface area contributed by atoms with Crippen LogP contribution in [0.4, 0.5) is 0 Å². The van der Waals surface area contributed by atoms with E-state index in [4.69, 9.17) is 5.73 Å². The Morgan fingerprint density at radius 3 is 3.36 bits per heavy atom. The molecule has 0 radical (unpaired) electrons. The number of nitrogens with two attached hydrogens (primary N) is 1. The highest BCUT2D eigenvalue weighted by atomic mass is 15.3. The van der Waals surface area contributed by atoms with E-state index in [0.717, 1.165) is 19.3 Å². The molecule has 0 bridgehead atoms. The molecule has 3 nitrogen and oxygen atoms in total. The average molecular weight is 151 g/mol. The van der Waals surface area contributed by atoms with Crippen LogP contribution in [0.2, 0.25) is 0 Å². The van der Waals surface area contributed by atoms with Crippen molar-refractivity contribution in [3.8, 4) is 0 Å². The fourth-order valence-corrected chi connectivity index (χ4v) is 1.67. The molecular weight excluding hydrogens is 138 g/mol. The van der Waals surface area contributed by atoms with Gasteiger partial charge >= 0.3 is 0 Å². The second-order valence-electron chi connectivity index (χ2n) is 3.24. The van der Waals surface area contributed by atoms with Gasteiger partial charge in [0, 0.05) is 25.2 Å². The highest BCUT2D eigenvalue weighted by molar-refractivity contribution is 5.21. The van der Waals surface area contributed by atoms with Crippen molar-refractivity contribution >= 4 is 0 Å². The van der Waals surface area contributed by atoms with Crippen molar-refractivity contribution in [3.63, 3.8) is 0 Å². The van der Waals surface area contributed by atoms with Gasteiger partial charge in [-0.15, -0.1) is 0 Å². The zero-order valence-electron chi connectivity index (χ0n) is 6.75. The first-order valence-electron chi connectivity index (χ1n) is 4.02. The van der Waals surface area contributed by atoms with Crippen molar-refractivity contribution in [3.05, 3.63) is 17.5 Å². The van der Waals surface area contributed by atoms with Gasteiger partial charge in [0.25, 0.3) is 0 Å². The maximum atomic E-state index is 5.84. The molecule has 1 aromatic heterocycles. The lowest BCUT2D eigenvalue weighted by atomic mass is 9.94. The Morgan fingerprint density at radius 1 is 1.73 bits per heavy atom. The smallest absolute Gasteiger partial charge is 0.0524 e. The van der Waals surface area contributed by atoms with E-state index < -0.39 is 0 Å². The van der Waals surface area contributed by atoms with Gasteiger partial charge in [-0.25, -0.2) is 0 Å². The fourth-order valence-electron chi connectivity index (χ4n) is 1.67. The van der Waals surface area contributed by atoms with Gasteiger partial charge < -0.3 is 5.73 Å². The summed E-state index contributed by atoms with van der Waals surface area (Å²) in [6.07, 6.45) is 5.16. The standard InChI is InChI=1S/C8H13N3/c1-11-8-4-7(9)3-2-6(8)5-10-11/h5,7H,2-4,9H2,1H3/t7-/m0/s1. The molecule has 0 spiro atoms. The summed E-state index contributed by atoms with van der Waals surface area (Å²) in [6, 6.07) is 0.345. The van der Waals surface area contributed by atoms with E-state index in [1.165, 1.54) is 11.3 Å². The molecule has 1 aromatic rings. The van der Waals surface area contributed by atoms with Crippen molar-refractivity contribution in [2.24, 2.45) is 12.8 Å². The minimum absolute atomic E-state index is 0.345. The maximum Gasteiger partial charge on any atom is 0.0524 e. The zero-order valence-corrected chi connectivity index (χ0v) is 6.75. The van der Waals surface area contributed by atoms with Crippen molar-refractivity contribution in [1.29, 1.82) is 0 Å². The molecule has 3 heteroatoms. The van der Waals surface area contributed by atoms with Crippen LogP contribution in [0.3, 0.4) is 0 Å². The van der Waals surface area contributed by atoms with Crippen molar-refractivity contribution in [1.82, 2.24) is 9.78 Å². The highest BCUT2D eigenvalue weighted by Crippen LogP contribution is 2.18.